The number of hydrogen-bond donors (Lipinski definition) is 1. The van der Waals surface area contributed by atoms with Gasteiger partial charge < -0.3 is 10.6 Å². The van der Waals surface area contributed by atoms with Gasteiger partial charge in [-0.1, -0.05) is 6.07 Å². The minimum atomic E-state index is -3.35. The summed E-state index contributed by atoms with van der Waals surface area (Å²) in [5.41, 5.74) is 6.24. The van der Waals surface area contributed by atoms with Crippen molar-refractivity contribution in [2.75, 3.05) is 36.8 Å². The first-order chi connectivity index (χ1) is 10.1. The number of nitrogens with two attached hydrogens (primary N) is 1. The fourth-order valence-electron chi connectivity index (χ4n) is 2.28. The van der Waals surface area contributed by atoms with E-state index in [9.17, 15) is 8.42 Å². The third-order valence-corrected chi connectivity index (χ3v) is 6.69. The maximum Gasteiger partial charge on any atom is 0.252 e. The predicted octanol–water partition coefficient (Wildman–Crippen LogP) is 1.24. The van der Waals surface area contributed by atoms with Crippen LogP contribution < -0.4 is 10.6 Å². The van der Waals surface area contributed by atoms with Gasteiger partial charge in [0.25, 0.3) is 10.0 Å². The molecule has 0 radical (unpaired) electrons. The highest BCUT2D eigenvalue weighted by atomic mass is 32.2. The van der Waals surface area contributed by atoms with E-state index >= 15 is 0 Å². The number of piperazine rings is 1. The van der Waals surface area contributed by atoms with E-state index < -0.39 is 10.0 Å². The molecule has 2 aromatic rings. The third kappa shape index (κ3) is 2.87. The van der Waals surface area contributed by atoms with Gasteiger partial charge in [-0.3, -0.25) is 0 Å². The molecule has 112 valence electrons. The molecule has 1 aliphatic rings. The predicted molar refractivity (Wildman–Crippen MR) is 83.9 cm³/mol. The van der Waals surface area contributed by atoms with Crippen LogP contribution in [-0.4, -0.2) is 43.9 Å². The summed E-state index contributed by atoms with van der Waals surface area (Å²) in [6.45, 7) is 2.18. The fourth-order valence-corrected chi connectivity index (χ4v) is 4.85. The minimum absolute atomic E-state index is 0.404. The molecule has 0 saturated carbocycles. The lowest BCUT2D eigenvalue weighted by molar-refractivity contribution is 0.385. The molecular weight excluding hydrogens is 308 g/mol. The molecule has 0 atom stereocenters. The highest BCUT2D eigenvalue weighted by Crippen LogP contribution is 2.23. The van der Waals surface area contributed by atoms with Gasteiger partial charge in [0.2, 0.25) is 0 Å². The fraction of sp³-hybridized carbons (Fsp3) is 0.308. The average Bonchev–Trinajstić information content (AvgIpc) is 3.03. The number of thiophene rings is 1. The van der Waals surface area contributed by atoms with Crippen LogP contribution in [0.1, 0.15) is 0 Å². The van der Waals surface area contributed by atoms with Gasteiger partial charge in [0.1, 0.15) is 10.0 Å². The Bertz CT molecular complexity index is 690. The largest absolute Gasteiger partial charge is 0.397 e. The van der Waals surface area contributed by atoms with Gasteiger partial charge in [-0.05, 0) is 23.6 Å². The number of pyridine rings is 1. The Morgan fingerprint density at radius 1 is 1.14 bits per heavy atom. The van der Waals surface area contributed by atoms with Crippen LogP contribution in [0.5, 0.6) is 0 Å². The van der Waals surface area contributed by atoms with Crippen LogP contribution in [0.25, 0.3) is 0 Å². The molecule has 0 aromatic carbocycles. The van der Waals surface area contributed by atoms with Crippen LogP contribution in [0, 0.1) is 0 Å². The van der Waals surface area contributed by atoms with Gasteiger partial charge in [0, 0.05) is 26.2 Å². The maximum absolute atomic E-state index is 12.4. The van der Waals surface area contributed by atoms with Gasteiger partial charge in [-0.2, -0.15) is 4.31 Å². The lowest BCUT2D eigenvalue weighted by Gasteiger charge is -2.34. The second kappa shape index (κ2) is 5.63. The summed E-state index contributed by atoms with van der Waals surface area (Å²) < 4.78 is 26.8. The van der Waals surface area contributed by atoms with E-state index in [-0.39, 0.29) is 0 Å². The summed E-state index contributed by atoms with van der Waals surface area (Å²) in [5, 5.41) is 1.78. The molecule has 1 aliphatic heterocycles. The molecule has 0 bridgehead atoms. The van der Waals surface area contributed by atoms with E-state index in [0.717, 1.165) is 5.82 Å². The zero-order valence-corrected chi connectivity index (χ0v) is 13.0. The van der Waals surface area contributed by atoms with Gasteiger partial charge in [0.05, 0.1) is 11.9 Å². The smallest absolute Gasteiger partial charge is 0.252 e. The molecule has 2 N–H and O–H groups in total. The second-order valence-corrected chi connectivity index (χ2v) is 7.89. The van der Waals surface area contributed by atoms with Crippen molar-refractivity contribution >= 4 is 32.9 Å². The number of rotatable bonds is 3. The highest BCUT2D eigenvalue weighted by molar-refractivity contribution is 7.91. The van der Waals surface area contributed by atoms with Crippen LogP contribution in [0.3, 0.4) is 0 Å². The van der Waals surface area contributed by atoms with Crippen LogP contribution in [0.2, 0.25) is 0 Å². The Morgan fingerprint density at radius 2 is 1.90 bits per heavy atom. The molecule has 0 unspecified atom stereocenters. The number of anilines is 2. The molecule has 3 heterocycles. The Hall–Kier alpha value is -1.64. The van der Waals surface area contributed by atoms with Gasteiger partial charge >= 0.3 is 0 Å². The van der Waals surface area contributed by atoms with Crippen LogP contribution >= 0.6 is 11.3 Å². The van der Waals surface area contributed by atoms with Crippen molar-refractivity contribution in [2.45, 2.75) is 4.21 Å². The summed E-state index contributed by atoms with van der Waals surface area (Å²) in [6, 6.07) is 7.07. The number of nitrogens with zero attached hydrogens (tertiary/aromatic N) is 3. The Morgan fingerprint density at radius 3 is 2.48 bits per heavy atom. The summed E-state index contributed by atoms with van der Waals surface area (Å²) >= 11 is 1.25. The van der Waals surface area contributed by atoms with Crippen molar-refractivity contribution in [3.63, 3.8) is 0 Å². The molecule has 21 heavy (non-hydrogen) atoms. The maximum atomic E-state index is 12.4. The quantitative estimate of drug-likeness (QED) is 0.919. The Labute approximate surface area is 127 Å². The van der Waals surface area contributed by atoms with E-state index in [0.29, 0.717) is 36.1 Å². The zero-order valence-electron chi connectivity index (χ0n) is 11.3. The summed E-state index contributed by atoms with van der Waals surface area (Å²) in [4.78, 5) is 6.34. The highest BCUT2D eigenvalue weighted by Gasteiger charge is 2.29. The van der Waals surface area contributed by atoms with Gasteiger partial charge in [0.15, 0.2) is 0 Å². The number of sulfonamides is 1. The van der Waals surface area contributed by atoms with E-state index in [2.05, 4.69) is 9.88 Å². The van der Waals surface area contributed by atoms with E-state index in [1.165, 1.54) is 15.6 Å². The molecule has 8 heteroatoms. The molecule has 0 spiro atoms. The van der Waals surface area contributed by atoms with Crippen molar-refractivity contribution in [1.82, 2.24) is 9.29 Å². The first-order valence-electron chi connectivity index (χ1n) is 6.57. The molecule has 3 rings (SSSR count). The van der Waals surface area contributed by atoms with Gasteiger partial charge in [-0.25, -0.2) is 13.4 Å². The van der Waals surface area contributed by atoms with Crippen LogP contribution in [-0.2, 0) is 10.0 Å². The van der Waals surface area contributed by atoms with E-state index in [4.69, 9.17) is 5.73 Å². The van der Waals surface area contributed by atoms with Crippen molar-refractivity contribution in [3.8, 4) is 0 Å². The van der Waals surface area contributed by atoms with E-state index in [1.807, 2.05) is 6.07 Å². The van der Waals surface area contributed by atoms with Crippen molar-refractivity contribution in [3.05, 3.63) is 35.8 Å². The summed E-state index contributed by atoms with van der Waals surface area (Å²) in [6.07, 6.45) is 1.62. The second-order valence-electron chi connectivity index (χ2n) is 4.77. The molecule has 6 nitrogen and oxygen atoms in total. The lowest BCUT2D eigenvalue weighted by Crippen LogP contribution is -2.48. The summed E-state index contributed by atoms with van der Waals surface area (Å²) in [5.74, 6) is 0.831. The zero-order chi connectivity index (χ0) is 14.9. The molecular formula is C13H16N4O2S2. The SMILES string of the molecule is Nc1ccc(N2CCN(S(=O)(=O)c3cccs3)CC2)nc1. The molecule has 0 aliphatic carbocycles. The molecule has 2 aromatic heterocycles. The van der Waals surface area contributed by atoms with Crippen molar-refractivity contribution in [1.29, 1.82) is 0 Å². The van der Waals surface area contributed by atoms with E-state index in [1.54, 1.807) is 29.8 Å². The first-order valence-corrected chi connectivity index (χ1v) is 8.89. The normalized spacial score (nSPS) is 17.0. The number of hydrogen-bond acceptors (Lipinski definition) is 6. The Kier molecular flexibility index (Phi) is 3.83. The van der Waals surface area contributed by atoms with Gasteiger partial charge in [-0.15, -0.1) is 11.3 Å². The lowest BCUT2D eigenvalue weighted by atomic mass is 10.3. The third-order valence-electron chi connectivity index (χ3n) is 3.42. The van der Waals surface area contributed by atoms with Crippen LogP contribution in [0.4, 0.5) is 11.5 Å². The molecule has 0 amide bonds. The Balaban J connectivity index is 1.69. The minimum Gasteiger partial charge on any atom is -0.397 e. The number of aromatic nitrogens is 1. The monoisotopic (exact) mass is 324 g/mol. The molecule has 1 saturated heterocycles. The standard InChI is InChI=1S/C13H16N4O2S2/c14-11-3-4-12(15-10-11)16-5-7-17(8-6-16)21(18,19)13-2-1-9-20-13/h1-4,9-10H,5-8,14H2. The summed E-state index contributed by atoms with van der Waals surface area (Å²) in [7, 11) is -3.35. The topological polar surface area (TPSA) is 79.5 Å². The van der Waals surface area contributed by atoms with Crippen molar-refractivity contribution < 1.29 is 8.42 Å². The first kappa shape index (κ1) is 14.3. The number of nitrogen functional groups attached to an aromatic ring is 1. The average molecular weight is 324 g/mol. The van der Waals surface area contributed by atoms with Crippen LogP contribution in [0.15, 0.2) is 40.1 Å². The molecule has 1 fully saturated rings. The van der Waals surface area contributed by atoms with Crippen molar-refractivity contribution in [2.24, 2.45) is 0 Å².